The first-order valence-electron chi connectivity index (χ1n) is 9.37. The highest BCUT2D eigenvalue weighted by molar-refractivity contribution is 6.00. The second-order valence-corrected chi connectivity index (χ2v) is 7.89. The number of hydrogen-bond donors (Lipinski definition) is 1. The number of amides is 1. The van der Waals surface area contributed by atoms with Gasteiger partial charge in [-0.1, -0.05) is 12.1 Å². The van der Waals surface area contributed by atoms with Crippen LogP contribution in [0.25, 0.3) is 0 Å². The van der Waals surface area contributed by atoms with Crippen LogP contribution in [0.4, 0.5) is 18.9 Å². The Morgan fingerprint density at radius 2 is 1.71 bits per heavy atom. The van der Waals surface area contributed by atoms with E-state index in [1.54, 1.807) is 12.0 Å². The van der Waals surface area contributed by atoms with E-state index in [1.807, 2.05) is 0 Å². The number of halogens is 3. The van der Waals surface area contributed by atoms with E-state index in [9.17, 15) is 23.1 Å². The van der Waals surface area contributed by atoms with Crippen molar-refractivity contribution in [2.24, 2.45) is 5.41 Å². The number of alkyl halides is 3. The second-order valence-electron chi connectivity index (χ2n) is 7.89. The van der Waals surface area contributed by atoms with E-state index in [2.05, 4.69) is 4.74 Å². The van der Waals surface area contributed by atoms with Gasteiger partial charge < -0.3 is 19.5 Å². The first kappa shape index (κ1) is 21.1. The van der Waals surface area contributed by atoms with Crippen LogP contribution in [-0.4, -0.2) is 50.2 Å². The summed E-state index contributed by atoms with van der Waals surface area (Å²) in [5.41, 5.74) is -0.801. The number of ether oxygens (including phenoxy) is 2. The van der Waals surface area contributed by atoms with Crippen LogP contribution in [0.5, 0.6) is 0 Å². The van der Waals surface area contributed by atoms with E-state index in [0.717, 1.165) is 7.11 Å². The lowest BCUT2D eigenvalue weighted by Gasteiger charge is -2.40. The average molecular weight is 401 g/mol. The minimum atomic E-state index is -4.50. The number of hydrogen-bond acceptors (Lipinski definition) is 4. The summed E-state index contributed by atoms with van der Waals surface area (Å²) in [7, 11) is 2.56. The number of carbonyl (C=O) groups is 1. The molecule has 1 aliphatic heterocycles. The van der Waals surface area contributed by atoms with Crippen LogP contribution in [0, 0.1) is 5.41 Å². The summed E-state index contributed by atoms with van der Waals surface area (Å²) in [6.45, 7) is 0.774. The molecule has 3 rings (SSSR count). The first-order chi connectivity index (χ1) is 13.1. The Bertz CT molecular complexity index is 696. The van der Waals surface area contributed by atoms with Crippen molar-refractivity contribution >= 4 is 11.6 Å². The predicted molar refractivity (Wildman–Crippen MR) is 96.9 cm³/mol. The zero-order valence-corrected chi connectivity index (χ0v) is 16.1. The minimum absolute atomic E-state index is 0.00223. The summed E-state index contributed by atoms with van der Waals surface area (Å²) in [5.74, 6) is -0.0150. The van der Waals surface area contributed by atoms with Crippen molar-refractivity contribution in [2.75, 3.05) is 32.3 Å². The SMILES string of the molecule is COCC1(O)CCC2(CCN(c3ccc([C@@H](OC)C(F)(F)F)cc3)C2=O)CC1. The van der Waals surface area contributed by atoms with Crippen molar-refractivity contribution in [3.63, 3.8) is 0 Å². The van der Waals surface area contributed by atoms with Crippen LogP contribution in [0.15, 0.2) is 24.3 Å². The lowest BCUT2D eigenvalue weighted by atomic mass is 9.68. The van der Waals surface area contributed by atoms with Crippen LogP contribution in [0.3, 0.4) is 0 Å². The molecule has 1 saturated carbocycles. The van der Waals surface area contributed by atoms with Gasteiger partial charge in [-0.2, -0.15) is 13.2 Å². The van der Waals surface area contributed by atoms with Crippen molar-refractivity contribution in [1.29, 1.82) is 0 Å². The summed E-state index contributed by atoms with van der Waals surface area (Å²) in [5, 5.41) is 10.5. The molecule has 1 amide bonds. The number of carbonyl (C=O) groups excluding carboxylic acids is 1. The van der Waals surface area contributed by atoms with Gasteiger partial charge in [-0.25, -0.2) is 0 Å². The van der Waals surface area contributed by atoms with Crippen LogP contribution in [0.1, 0.15) is 43.8 Å². The zero-order valence-electron chi connectivity index (χ0n) is 16.1. The normalized spacial score (nSPS) is 29.5. The molecule has 2 aliphatic rings. The predicted octanol–water partition coefficient (Wildman–Crippen LogP) is 3.61. The smallest absolute Gasteiger partial charge is 0.387 e. The lowest BCUT2D eigenvalue weighted by molar-refractivity contribution is -0.215. The van der Waals surface area contributed by atoms with Gasteiger partial charge in [0.2, 0.25) is 5.91 Å². The number of methoxy groups -OCH3 is 2. The van der Waals surface area contributed by atoms with Crippen molar-refractivity contribution in [2.45, 2.75) is 50.0 Å². The van der Waals surface area contributed by atoms with E-state index in [1.165, 1.54) is 24.3 Å². The molecule has 0 unspecified atom stereocenters. The molecule has 1 aliphatic carbocycles. The van der Waals surface area contributed by atoms with E-state index in [0.29, 0.717) is 44.3 Å². The van der Waals surface area contributed by atoms with Crippen LogP contribution in [0.2, 0.25) is 0 Å². The van der Waals surface area contributed by atoms with Crippen molar-refractivity contribution in [3.05, 3.63) is 29.8 Å². The third-order valence-electron chi connectivity index (χ3n) is 6.10. The highest BCUT2D eigenvalue weighted by atomic mass is 19.4. The van der Waals surface area contributed by atoms with Gasteiger partial charge in [0, 0.05) is 26.5 Å². The van der Waals surface area contributed by atoms with Gasteiger partial charge in [0.15, 0.2) is 6.10 Å². The molecule has 8 heteroatoms. The molecule has 0 bridgehead atoms. The van der Waals surface area contributed by atoms with E-state index in [-0.39, 0.29) is 18.1 Å². The maximum absolute atomic E-state index is 13.1. The molecule has 1 aromatic rings. The standard InChI is InChI=1S/C20H26F3NO4/c1-27-13-19(26)9-7-18(8-10-19)11-12-24(17(18)25)15-5-3-14(4-6-15)16(28-2)20(21,22)23/h3-6,16,26H,7-13H2,1-2H3/t16-,18?,19?/m1/s1. The van der Waals surface area contributed by atoms with E-state index < -0.39 is 23.3 Å². The molecule has 1 heterocycles. The number of rotatable bonds is 5. The monoisotopic (exact) mass is 401 g/mol. The Balaban J connectivity index is 1.72. The number of anilines is 1. The Labute approximate surface area is 162 Å². The summed E-state index contributed by atoms with van der Waals surface area (Å²) in [6, 6.07) is 5.78. The Kier molecular flexibility index (Phi) is 5.76. The van der Waals surface area contributed by atoms with Gasteiger partial charge in [0.25, 0.3) is 0 Å². The summed E-state index contributed by atoms with van der Waals surface area (Å²) < 4.78 is 48.7. The molecule has 1 spiro atoms. The second kappa shape index (κ2) is 7.65. The van der Waals surface area contributed by atoms with Gasteiger partial charge >= 0.3 is 6.18 Å². The fraction of sp³-hybridized carbons (Fsp3) is 0.650. The van der Waals surface area contributed by atoms with E-state index in [4.69, 9.17) is 4.74 Å². The zero-order chi connectivity index (χ0) is 20.6. The third-order valence-corrected chi connectivity index (χ3v) is 6.10. The van der Waals surface area contributed by atoms with Gasteiger partial charge in [-0.15, -0.1) is 0 Å². The van der Waals surface area contributed by atoms with E-state index >= 15 is 0 Å². The molecule has 1 aromatic carbocycles. The van der Waals surface area contributed by atoms with Crippen LogP contribution >= 0.6 is 0 Å². The number of benzene rings is 1. The molecular formula is C20H26F3NO4. The molecule has 28 heavy (non-hydrogen) atoms. The third kappa shape index (κ3) is 3.90. The molecule has 156 valence electrons. The molecule has 1 atom stereocenters. The Hall–Kier alpha value is -1.64. The fourth-order valence-corrected chi connectivity index (χ4v) is 4.43. The molecule has 1 N–H and O–H groups in total. The lowest BCUT2D eigenvalue weighted by Crippen LogP contribution is -2.45. The van der Waals surface area contributed by atoms with Crippen LogP contribution < -0.4 is 4.90 Å². The largest absolute Gasteiger partial charge is 0.418 e. The Morgan fingerprint density at radius 1 is 1.11 bits per heavy atom. The molecular weight excluding hydrogens is 375 g/mol. The number of aliphatic hydroxyl groups is 1. The van der Waals surface area contributed by atoms with Gasteiger partial charge in [-0.3, -0.25) is 4.79 Å². The van der Waals surface area contributed by atoms with Crippen molar-refractivity contribution in [1.82, 2.24) is 0 Å². The molecule has 5 nitrogen and oxygen atoms in total. The highest BCUT2D eigenvalue weighted by Gasteiger charge is 2.51. The van der Waals surface area contributed by atoms with Crippen molar-refractivity contribution in [3.8, 4) is 0 Å². The van der Waals surface area contributed by atoms with Crippen molar-refractivity contribution < 1.29 is 32.5 Å². The van der Waals surface area contributed by atoms with Gasteiger partial charge in [0.05, 0.1) is 17.6 Å². The van der Waals surface area contributed by atoms with Crippen LogP contribution in [-0.2, 0) is 14.3 Å². The molecule has 0 radical (unpaired) electrons. The summed E-state index contributed by atoms with van der Waals surface area (Å²) in [4.78, 5) is 14.7. The topological polar surface area (TPSA) is 59.0 Å². The summed E-state index contributed by atoms with van der Waals surface area (Å²) in [6.07, 6.45) is -3.63. The Morgan fingerprint density at radius 3 is 2.21 bits per heavy atom. The highest BCUT2D eigenvalue weighted by Crippen LogP contribution is 2.48. The maximum Gasteiger partial charge on any atom is 0.418 e. The van der Waals surface area contributed by atoms with Gasteiger partial charge in [-0.05, 0) is 49.8 Å². The first-order valence-corrected chi connectivity index (χ1v) is 9.37. The quantitative estimate of drug-likeness (QED) is 0.819. The maximum atomic E-state index is 13.1. The summed E-state index contributed by atoms with van der Waals surface area (Å²) >= 11 is 0. The van der Waals surface area contributed by atoms with Gasteiger partial charge in [0.1, 0.15) is 0 Å². The average Bonchev–Trinajstić information content (AvgIpc) is 2.95. The number of nitrogens with zero attached hydrogens (tertiary/aromatic N) is 1. The fourth-order valence-electron chi connectivity index (χ4n) is 4.43. The molecule has 0 aromatic heterocycles. The molecule has 1 saturated heterocycles. The molecule has 2 fully saturated rings. The minimum Gasteiger partial charge on any atom is -0.387 e.